The van der Waals surface area contributed by atoms with Gasteiger partial charge in [0.2, 0.25) is 0 Å². The summed E-state index contributed by atoms with van der Waals surface area (Å²) in [5.41, 5.74) is 1.91. The van der Waals surface area contributed by atoms with Crippen molar-refractivity contribution in [2.24, 2.45) is 5.41 Å². The van der Waals surface area contributed by atoms with E-state index in [0.29, 0.717) is 44.8 Å². The van der Waals surface area contributed by atoms with E-state index in [0.717, 1.165) is 30.4 Å². The van der Waals surface area contributed by atoms with Crippen molar-refractivity contribution >= 4 is 21.7 Å². The van der Waals surface area contributed by atoms with E-state index in [4.69, 9.17) is 14.6 Å². The number of esters is 1. The van der Waals surface area contributed by atoms with Crippen molar-refractivity contribution in [3.63, 3.8) is 0 Å². The second-order valence-electron chi connectivity index (χ2n) is 8.80. The fourth-order valence-electron chi connectivity index (χ4n) is 3.47. The summed E-state index contributed by atoms with van der Waals surface area (Å²) in [5, 5.41) is 7.66. The Labute approximate surface area is 184 Å². The minimum Gasteiger partial charge on any atom is -0.465 e. The number of sulfone groups is 1. The lowest BCUT2D eigenvalue weighted by molar-refractivity contribution is -0.146. The van der Waals surface area contributed by atoms with Crippen LogP contribution in [0.5, 0.6) is 0 Å². The maximum Gasteiger partial charge on any atom is 0.306 e. The number of aromatic nitrogens is 2. The molecule has 0 spiro atoms. The summed E-state index contributed by atoms with van der Waals surface area (Å²) in [5.74, 6) is -0.881. The molecule has 0 unspecified atom stereocenters. The van der Waals surface area contributed by atoms with Crippen LogP contribution in [0, 0.1) is 5.41 Å². The molecule has 0 radical (unpaired) electrons. The molecule has 9 nitrogen and oxygen atoms in total. The first-order valence-corrected chi connectivity index (χ1v) is 12.9. The van der Waals surface area contributed by atoms with Crippen LogP contribution in [0.1, 0.15) is 61.8 Å². The highest BCUT2D eigenvalue weighted by Crippen LogP contribution is 2.27. The van der Waals surface area contributed by atoms with Gasteiger partial charge in [0.1, 0.15) is 15.5 Å². The number of amides is 1. The van der Waals surface area contributed by atoms with Crippen LogP contribution < -0.4 is 5.32 Å². The summed E-state index contributed by atoms with van der Waals surface area (Å²) < 4.78 is 35.2. The van der Waals surface area contributed by atoms with Crippen LogP contribution in [0.3, 0.4) is 0 Å². The molecular weight excluding hydrogens is 422 g/mol. The molecule has 0 aromatic carbocycles. The number of nitrogens with one attached hydrogen (secondary N) is 1. The molecule has 1 aromatic rings. The number of hydrogen-bond donors (Lipinski definition) is 1. The summed E-state index contributed by atoms with van der Waals surface area (Å²) in [6, 6.07) is 0. The van der Waals surface area contributed by atoms with E-state index >= 15 is 0 Å². The third-order valence-corrected chi connectivity index (χ3v) is 6.01. The van der Waals surface area contributed by atoms with Gasteiger partial charge in [-0.1, -0.05) is 13.8 Å². The van der Waals surface area contributed by atoms with E-state index in [1.54, 1.807) is 4.68 Å². The Bertz CT molecular complexity index is 876. The van der Waals surface area contributed by atoms with Crippen molar-refractivity contribution < 1.29 is 27.5 Å². The van der Waals surface area contributed by atoms with Gasteiger partial charge in [-0.25, -0.2) is 8.42 Å². The smallest absolute Gasteiger partial charge is 0.306 e. The third-order valence-electron chi connectivity index (χ3n) is 5.06. The van der Waals surface area contributed by atoms with E-state index in [2.05, 4.69) is 5.32 Å². The number of fused-ring (bicyclic) bond motifs is 1. The SMILES string of the molecule is CCn1nc(CC(C)(C)COC(=O)CCS(C)(=O)=O)c2c1C(=O)NCCCOCCC2. The van der Waals surface area contributed by atoms with Gasteiger partial charge in [-0.05, 0) is 26.2 Å². The molecule has 1 aliphatic rings. The highest BCUT2D eigenvalue weighted by atomic mass is 32.2. The molecule has 1 aromatic heterocycles. The molecule has 1 amide bonds. The summed E-state index contributed by atoms with van der Waals surface area (Å²) in [7, 11) is -3.21. The largest absolute Gasteiger partial charge is 0.465 e. The predicted octanol–water partition coefficient (Wildman–Crippen LogP) is 1.53. The summed E-state index contributed by atoms with van der Waals surface area (Å²) in [6.07, 6.45) is 3.71. The lowest BCUT2D eigenvalue weighted by atomic mass is 9.86. The average Bonchev–Trinajstić information content (AvgIpc) is 3.00. The maximum atomic E-state index is 12.8. The number of carbonyl (C=O) groups excluding carboxylic acids is 2. The first-order valence-electron chi connectivity index (χ1n) is 10.8. The topological polar surface area (TPSA) is 117 Å². The van der Waals surface area contributed by atoms with E-state index in [1.807, 2.05) is 20.8 Å². The predicted molar refractivity (Wildman–Crippen MR) is 117 cm³/mol. The molecule has 10 heteroatoms. The van der Waals surface area contributed by atoms with Gasteiger partial charge in [0.05, 0.1) is 24.5 Å². The van der Waals surface area contributed by atoms with Crippen LogP contribution in [0.15, 0.2) is 0 Å². The maximum absolute atomic E-state index is 12.8. The van der Waals surface area contributed by atoms with Crippen molar-refractivity contribution in [3.05, 3.63) is 17.0 Å². The summed E-state index contributed by atoms with van der Waals surface area (Å²) >= 11 is 0. The van der Waals surface area contributed by atoms with Crippen LogP contribution in [-0.4, -0.2) is 68.4 Å². The van der Waals surface area contributed by atoms with E-state index in [-0.39, 0.29) is 24.7 Å². The fourth-order valence-corrected chi connectivity index (χ4v) is 4.01. The average molecular weight is 458 g/mol. The van der Waals surface area contributed by atoms with Gasteiger partial charge in [0.25, 0.3) is 5.91 Å². The summed E-state index contributed by atoms with van der Waals surface area (Å²) in [4.78, 5) is 24.8. The van der Waals surface area contributed by atoms with Crippen LogP contribution in [0.2, 0.25) is 0 Å². The van der Waals surface area contributed by atoms with Gasteiger partial charge in [-0.15, -0.1) is 0 Å². The molecule has 176 valence electrons. The molecule has 0 aliphatic carbocycles. The first-order chi connectivity index (χ1) is 14.5. The number of aryl methyl sites for hydroxylation is 1. The molecule has 31 heavy (non-hydrogen) atoms. The molecule has 0 saturated heterocycles. The zero-order valence-electron chi connectivity index (χ0n) is 19.0. The number of carbonyl (C=O) groups is 2. The Morgan fingerprint density at radius 1 is 1.29 bits per heavy atom. The van der Waals surface area contributed by atoms with Gasteiger partial charge in [0.15, 0.2) is 0 Å². The second kappa shape index (κ2) is 11.1. The van der Waals surface area contributed by atoms with Crippen LogP contribution in [0.4, 0.5) is 0 Å². The van der Waals surface area contributed by atoms with E-state index < -0.39 is 21.2 Å². The molecular formula is C21H35N3O6S. The number of ether oxygens (including phenoxy) is 2. The van der Waals surface area contributed by atoms with Gasteiger partial charge in [0, 0.05) is 50.0 Å². The van der Waals surface area contributed by atoms with Gasteiger partial charge >= 0.3 is 5.97 Å². The van der Waals surface area contributed by atoms with Crippen LogP contribution in [0.25, 0.3) is 0 Å². The lowest BCUT2D eigenvalue weighted by Gasteiger charge is -2.24. The monoisotopic (exact) mass is 457 g/mol. The standard InChI is InChI=1S/C21H35N3O6S/c1-5-24-19-16(8-6-11-29-12-7-10-22-20(19)26)17(23-24)14-21(2,3)15-30-18(25)9-13-31(4,27)28/h5-15H2,1-4H3,(H,22,26). The Hall–Kier alpha value is -1.94. The Balaban J connectivity index is 2.15. The van der Waals surface area contributed by atoms with E-state index in [9.17, 15) is 18.0 Å². The lowest BCUT2D eigenvalue weighted by Crippen LogP contribution is -2.28. The van der Waals surface area contributed by atoms with Gasteiger partial charge in [-0.2, -0.15) is 5.10 Å². The van der Waals surface area contributed by atoms with Gasteiger partial charge < -0.3 is 14.8 Å². The van der Waals surface area contributed by atoms with E-state index in [1.165, 1.54) is 0 Å². The quantitative estimate of drug-likeness (QED) is 0.589. The van der Waals surface area contributed by atoms with Crippen LogP contribution in [-0.2, 0) is 43.5 Å². The van der Waals surface area contributed by atoms with Crippen LogP contribution >= 0.6 is 0 Å². The van der Waals surface area contributed by atoms with Crippen molar-refractivity contribution in [1.82, 2.24) is 15.1 Å². The first kappa shape index (κ1) is 25.3. The summed E-state index contributed by atoms with van der Waals surface area (Å²) in [6.45, 7) is 8.40. The minimum absolute atomic E-state index is 0.123. The minimum atomic E-state index is -3.21. The molecule has 2 heterocycles. The second-order valence-corrected chi connectivity index (χ2v) is 11.1. The zero-order chi connectivity index (χ0) is 23.1. The number of hydrogen-bond acceptors (Lipinski definition) is 7. The third kappa shape index (κ3) is 8.25. The number of nitrogens with zero attached hydrogens (tertiary/aromatic N) is 2. The molecule has 1 aliphatic heterocycles. The Morgan fingerprint density at radius 3 is 2.68 bits per heavy atom. The Morgan fingerprint density at radius 2 is 2.00 bits per heavy atom. The molecule has 0 saturated carbocycles. The van der Waals surface area contributed by atoms with Crippen molar-refractivity contribution in [1.29, 1.82) is 0 Å². The molecule has 2 rings (SSSR count). The Kier molecular flexibility index (Phi) is 9.05. The molecule has 0 bridgehead atoms. The highest BCUT2D eigenvalue weighted by Gasteiger charge is 2.29. The number of rotatable bonds is 8. The molecule has 0 fully saturated rings. The van der Waals surface area contributed by atoms with Gasteiger partial charge in [-0.3, -0.25) is 14.3 Å². The van der Waals surface area contributed by atoms with Crippen molar-refractivity contribution in [3.8, 4) is 0 Å². The molecule has 0 atom stereocenters. The highest BCUT2D eigenvalue weighted by molar-refractivity contribution is 7.90. The van der Waals surface area contributed by atoms with Crippen molar-refractivity contribution in [2.75, 3.05) is 38.4 Å². The zero-order valence-corrected chi connectivity index (χ0v) is 19.8. The fraction of sp³-hybridized carbons (Fsp3) is 0.762. The normalized spacial score (nSPS) is 16.2. The van der Waals surface area contributed by atoms with Crippen molar-refractivity contribution in [2.45, 2.75) is 59.4 Å². The molecule has 1 N–H and O–H groups in total.